The SMILES string of the molecule is CCOc1cccc2c(Cl)c(C)c(CC)nc12. The van der Waals surface area contributed by atoms with E-state index < -0.39 is 0 Å². The lowest BCUT2D eigenvalue weighted by atomic mass is 10.1. The van der Waals surface area contributed by atoms with Gasteiger partial charge in [0.05, 0.1) is 11.6 Å². The van der Waals surface area contributed by atoms with Crippen LogP contribution in [0.15, 0.2) is 18.2 Å². The lowest BCUT2D eigenvalue weighted by Gasteiger charge is -2.12. The first-order valence-electron chi connectivity index (χ1n) is 5.89. The molecule has 3 heteroatoms. The first kappa shape index (κ1) is 12.2. The highest BCUT2D eigenvalue weighted by atomic mass is 35.5. The topological polar surface area (TPSA) is 22.1 Å². The minimum atomic E-state index is 0.633. The van der Waals surface area contributed by atoms with Gasteiger partial charge in [0, 0.05) is 11.1 Å². The molecule has 0 saturated heterocycles. The molecule has 0 amide bonds. The molecule has 0 aliphatic carbocycles. The van der Waals surface area contributed by atoms with Gasteiger partial charge in [0.2, 0.25) is 0 Å². The van der Waals surface area contributed by atoms with Gasteiger partial charge in [-0.15, -0.1) is 0 Å². The van der Waals surface area contributed by atoms with E-state index in [2.05, 4.69) is 11.9 Å². The zero-order chi connectivity index (χ0) is 12.4. The largest absolute Gasteiger partial charge is 0.492 e. The van der Waals surface area contributed by atoms with Crippen LogP contribution in [0.2, 0.25) is 5.02 Å². The number of aryl methyl sites for hydroxylation is 1. The molecular formula is C14H16ClNO. The minimum absolute atomic E-state index is 0.633. The van der Waals surface area contributed by atoms with Gasteiger partial charge in [-0.1, -0.05) is 30.7 Å². The third kappa shape index (κ3) is 2.09. The second kappa shape index (κ2) is 4.92. The summed E-state index contributed by atoms with van der Waals surface area (Å²) in [6.07, 6.45) is 0.877. The second-order valence-electron chi connectivity index (χ2n) is 3.94. The Bertz CT molecular complexity index is 551. The summed E-state index contributed by atoms with van der Waals surface area (Å²) in [6.45, 7) is 6.70. The number of benzene rings is 1. The maximum atomic E-state index is 6.39. The highest BCUT2D eigenvalue weighted by Gasteiger charge is 2.12. The standard InChI is InChI=1S/C14H16ClNO/c1-4-11-9(3)13(15)10-7-6-8-12(17-5-2)14(10)16-11/h6-8H,4-5H2,1-3H3. The van der Waals surface area contributed by atoms with Crippen LogP contribution in [-0.4, -0.2) is 11.6 Å². The van der Waals surface area contributed by atoms with Crippen LogP contribution in [0.4, 0.5) is 0 Å². The van der Waals surface area contributed by atoms with Gasteiger partial charge in [-0.2, -0.15) is 0 Å². The number of aromatic nitrogens is 1. The van der Waals surface area contributed by atoms with Crippen LogP contribution in [0.3, 0.4) is 0 Å². The number of rotatable bonds is 3. The van der Waals surface area contributed by atoms with Crippen molar-refractivity contribution in [3.63, 3.8) is 0 Å². The lowest BCUT2D eigenvalue weighted by molar-refractivity contribution is 0.343. The monoisotopic (exact) mass is 249 g/mol. The predicted molar refractivity (Wildman–Crippen MR) is 72.0 cm³/mol. The van der Waals surface area contributed by atoms with E-state index in [1.54, 1.807) is 0 Å². The molecule has 0 aliphatic rings. The fourth-order valence-corrected chi connectivity index (χ4v) is 2.24. The molecule has 2 rings (SSSR count). The average Bonchev–Trinajstić information content (AvgIpc) is 2.34. The second-order valence-corrected chi connectivity index (χ2v) is 4.31. The molecule has 1 heterocycles. The normalized spacial score (nSPS) is 10.8. The highest BCUT2D eigenvalue weighted by molar-refractivity contribution is 6.36. The van der Waals surface area contributed by atoms with Gasteiger partial charge < -0.3 is 4.74 Å². The Morgan fingerprint density at radius 2 is 2.06 bits per heavy atom. The van der Waals surface area contributed by atoms with Crippen LogP contribution in [0, 0.1) is 6.92 Å². The molecule has 1 aromatic heterocycles. The van der Waals surface area contributed by atoms with Crippen molar-refractivity contribution < 1.29 is 4.74 Å². The van der Waals surface area contributed by atoms with Gasteiger partial charge >= 0.3 is 0 Å². The van der Waals surface area contributed by atoms with Crippen LogP contribution in [0.25, 0.3) is 10.9 Å². The summed E-state index contributed by atoms with van der Waals surface area (Å²) in [7, 11) is 0. The molecule has 0 unspecified atom stereocenters. The van der Waals surface area contributed by atoms with Crippen molar-refractivity contribution >= 4 is 22.5 Å². The molecule has 0 atom stereocenters. The fraction of sp³-hybridized carbons (Fsp3) is 0.357. The smallest absolute Gasteiger partial charge is 0.145 e. The number of nitrogens with zero attached hydrogens (tertiary/aromatic N) is 1. The summed E-state index contributed by atoms with van der Waals surface area (Å²) in [4.78, 5) is 4.66. The van der Waals surface area contributed by atoms with Crippen molar-refractivity contribution in [3.05, 3.63) is 34.5 Å². The first-order chi connectivity index (χ1) is 8.19. The molecule has 2 nitrogen and oxygen atoms in total. The van der Waals surface area contributed by atoms with Crippen molar-refractivity contribution in [2.45, 2.75) is 27.2 Å². The van der Waals surface area contributed by atoms with Crippen molar-refractivity contribution in [1.82, 2.24) is 4.98 Å². The van der Waals surface area contributed by atoms with Crippen molar-refractivity contribution in [1.29, 1.82) is 0 Å². The predicted octanol–water partition coefficient (Wildman–Crippen LogP) is 4.16. The molecule has 1 aromatic carbocycles. The molecular weight excluding hydrogens is 234 g/mol. The number of pyridine rings is 1. The Kier molecular flexibility index (Phi) is 3.53. The maximum Gasteiger partial charge on any atom is 0.145 e. The Morgan fingerprint density at radius 1 is 1.29 bits per heavy atom. The van der Waals surface area contributed by atoms with Crippen LogP contribution >= 0.6 is 11.6 Å². The van der Waals surface area contributed by atoms with E-state index in [4.69, 9.17) is 16.3 Å². The molecule has 0 N–H and O–H groups in total. The molecule has 0 aliphatic heterocycles. The number of ether oxygens (including phenoxy) is 1. The van der Waals surface area contributed by atoms with Gasteiger partial charge in [0.25, 0.3) is 0 Å². The molecule has 0 saturated carbocycles. The number of halogens is 1. The Balaban J connectivity index is 2.77. The Labute approximate surface area is 107 Å². The molecule has 0 radical (unpaired) electrons. The summed E-state index contributed by atoms with van der Waals surface area (Å²) in [5.41, 5.74) is 2.96. The van der Waals surface area contributed by atoms with Crippen LogP contribution in [0.1, 0.15) is 25.1 Å². The summed E-state index contributed by atoms with van der Waals surface area (Å²) < 4.78 is 5.59. The zero-order valence-corrected chi connectivity index (χ0v) is 11.1. The molecule has 0 bridgehead atoms. The van der Waals surface area contributed by atoms with Crippen molar-refractivity contribution in [2.75, 3.05) is 6.61 Å². The number of hydrogen-bond acceptors (Lipinski definition) is 2. The summed E-state index contributed by atoms with van der Waals surface area (Å²) in [5, 5.41) is 1.75. The number of para-hydroxylation sites is 1. The summed E-state index contributed by atoms with van der Waals surface area (Å²) >= 11 is 6.39. The van der Waals surface area contributed by atoms with E-state index in [1.165, 1.54) is 0 Å². The molecule has 17 heavy (non-hydrogen) atoms. The highest BCUT2D eigenvalue weighted by Crippen LogP contribution is 2.32. The van der Waals surface area contributed by atoms with Crippen LogP contribution in [0.5, 0.6) is 5.75 Å². The van der Waals surface area contributed by atoms with E-state index >= 15 is 0 Å². The van der Waals surface area contributed by atoms with Crippen molar-refractivity contribution in [2.24, 2.45) is 0 Å². The van der Waals surface area contributed by atoms with Gasteiger partial charge in [0.1, 0.15) is 11.3 Å². The third-order valence-corrected chi connectivity index (χ3v) is 3.37. The third-order valence-electron chi connectivity index (χ3n) is 2.88. The van der Waals surface area contributed by atoms with E-state index in [0.717, 1.165) is 39.4 Å². The van der Waals surface area contributed by atoms with Gasteiger partial charge in [-0.3, -0.25) is 0 Å². The van der Waals surface area contributed by atoms with E-state index in [0.29, 0.717) is 6.61 Å². The fourth-order valence-electron chi connectivity index (χ4n) is 1.98. The molecule has 2 aromatic rings. The molecule has 0 fully saturated rings. The Morgan fingerprint density at radius 3 is 2.71 bits per heavy atom. The molecule has 0 spiro atoms. The van der Waals surface area contributed by atoms with E-state index in [9.17, 15) is 0 Å². The minimum Gasteiger partial charge on any atom is -0.492 e. The van der Waals surface area contributed by atoms with Crippen LogP contribution < -0.4 is 4.74 Å². The Hall–Kier alpha value is -1.28. The van der Waals surface area contributed by atoms with E-state index in [-0.39, 0.29) is 0 Å². The number of hydrogen-bond donors (Lipinski definition) is 0. The van der Waals surface area contributed by atoms with Gasteiger partial charge in [0.15, 0.2) is 0 Å². The van der Waals surface area contributed by atoms with Crippen LogP contribution in [-0.2, 0) is 6.42 Å². The molecule has 90 valence electrons. The first-order valence-corrected chi connectivity index (χ1v) is 6.27. The van der Waals surface area contributed by atoms with Crippen molar-refractivity contribution in [3.8, 4) is 5.75 Å². The maximum absolute atomic E-state index is 6.39. The lowest BCUT2D eigenvalue weighted by Crippen LogP contribution is -1.98. The summed E-state index contributed by atoms with van der Waals surface area (Å²) in [6, 6.07) is 5.87. The van der Waals surface area contributed by atoms with E-state index in [1.807, 2.05) is 32.0 Å². The number of fused-ring (bicyclic) bond motifs is 1. The quantitative estimate of drug-likeness (QED) is 0.815. The summed E-state index contributed by atoms with van der Waals surface area (Å²) in [5.74, 6) is 0.807. The average molecular weight is 250 g/mol. The van der Waals surface area contributed by atoms with Gasteiger partial charge in [-0.25, -0.2) is 4.98 Å². The zero-order valence-electron chi connectivity index (χ0n) is 10.4. The van der Waals surface area contributed by atoms with Gasteiger partial charge in [-0.05, 0) is 31.9 Å².